The number of rotatable bonds is 54. The van der Waals surface area contributed by atoms with Crippen LogP contribution in [0.4, 0.5) is 0 Å². The standard InChI is InChI=1S/C80H148O24Si24/c1-49-56(128(47,48)104-80-68(92-116-16)61(85-109-9)58(82-106-6)62(68,86-110-10)74(80,98-122(32,33)34)70(58,94-118(20,21)22)73(61,80)97-121(29,30)31)52-55(4)127(45,46)103-79-67(91-115-15)63(87-111-11)66(90-114-14)64(67,88-112-12)76(79,100-124(38,39)40)78(66,75(63,79)99-123(35,36)37)102-126(43,44)54(3)51-50-53(2)125(41,42)101-77-65(89-113-13)59(83-107-7)57(81-105-5)60(65,84-108-8)72(77,96-120(26,27)28)69(57,93-117(17,18)19)71(59,77)95-119(23,24)25/h49-52H,1-48H3. The van der Waals surface area contributed by atoms with Crippen molar-refractivity contribution in [1.82, 2.24) is 0 Å². The summed E-state index contributed by atoms with van der Waals surface area (Å²) in [6, 6.07) is 0. The Morgan fingerprint density at radius 3 is 0.406 bits per heavy atom. The topological polar surface area (TPSA) is 222 Å². The van der Waals surface area contributed by atoms with Crippen LogP contribution in [0.25, 0.3) is 0 Å². The molecule has 18 aliphatic rings. The highest BCUT2D eigenvalue weighted by atomic mass is 28.4. The van der Waals surface area contributed by atoms with E-state index in [2.05, 4.69) is 340 Å². The molecule has 0 N–H and O–H groups in total. The second-order valence-electron chi connectivity index (χ2n) is 47.5. The zero-order valence-electron chi connectivity index (χ0n) is 86.1. The summed E-state index contributed by atoms with van der Waals surface area (Å²) in [4.78, 5) is 0. The Hall–Kier alpha value is 3.21. The van der Waals surface area contributed by atoms with Gasteiger partial charge in [-0.15, -0.1) is 0 Å². The number of allylic oxidation sites excluding steroid dienone is 8. The van der Waals surface area contributed by atoms with Gasteiger partial charge in [0.05, 0.1) is 0 Å². The van der Waals surface area contributed by atoms with Crippen molar-refractivity contribution in [3.8, 4) is 0 Å². The molecule has 24 radical (unpaired) electrons. The summed E-state index contributed by atoms with van der Waals surface area (Å²) >= 11 is 0. The van der Waals surface area contributed by atoms with Crippen LogP contribution in [0.5, 0.6) is 0 Å². The number of hydrogen-bond donors (Lipinski definition) is 0. The van der Waals surface area contributed by atoms with Gasteiger partial charge >= 0.3 is 0 Å². The molecule has 12 unspecified atom stereocenters. The molecule has 128 heavy (non-hydrogen) atoms. The van der Waals surface area contributed by atoms with Gasteiger partial charge in [0.2, 0.25) is 150 Å². The molecule has 0 bridgehead atoms. The fraction of sp³-hybridized carbons (Fsp3) is 0.900. The van der Waals surface area contributed by atoms with Crippen molar-refractivity contribution < 1.29 is 106 Å². The first-order valence-corrected chi connectivity index (χ1v) is 101. The molecular weight excluding hydrogens is 2020 g/mol. The molecule has 0 saturated heterocycles. The van der Waals surface area contributed by atoms with Crippen molar-refractivity contribution in [2.75, 3.05) is 0 Å². The van der Waals surface area contributed by atoms with Gasteiger partial charge in [0.25, 0.3) is 0 Å². The van der Waals surface area contributed by atoms with Gasteiger partial charge in [-0.3, -0.25) is 0 Å². The van der Waals surface area contributed by atoms with E-state index < -0.39 is 234 Å². The highest BCUT2D eigenvalue weighted by molar-refractivity contribution is 6.83. The minimum Gasteiger partial charge on any atom is -0.404 e. The first-order valence-electron chi connectivity index (χ1n) is 45.7. The van der Waals surface area contributed by atoms with Crippen LogP contribution in [0.2, 0.25) is 288 Å². The fourth-order valence-corrected chi connectivity index (χ4v) is 58.8. The molecule has 0 spiro atoms. The molecule has 18 saturated carbocycles. The van der Waals surface area contributed by atoms with E-state index in [0.29, 0.717) is 0 Å². The van der Waals surface area contributed by atoms with E-state index in [-0.39, 0.29) is 117 Å². The summed E-state index contributed by atoms with van der Waals surface area (Å²) in [6.45, 7) is 107. The zero-order chi connectivity index (χ0) is 96.6. The SMILES string of the molecule is CC=C(C=C(C)[Si](C)(C)OC12C3(O[Si]C)C4(O[Si]C)C5(O[Si]C)C3(O[Si]C)C1(O[Si](C)(C)C)C5(O[Si](C)(C)C(C)=CC=C(C)[Si](C)(C)OC13C5(O[Si]C)C6(O[Si]C)C7(O[Si]C)C5(O[Si]C)C1(O[Si](C)(C)C)C7(O[Si](C)(C)C)C63O[Si](C)(C)C)C42O[Si](C)(C)C)[Si](C)(C)OC12C3(O[Si]C)C4(O[Si]C)C5(O[Si]C)C3(O[Si]C)C1(O[Si](C)(C)C)C5(O[Si](C)(C)C)C42O[Si](C)(C)C. The van der Waals surface area contributed by atoms with E-state index in [9.17, 15) is 0 Å². The van der Waals surface area contributed by atoms with Gasteiger partial charge in [0.1, 0.15) is 0 Å². The smallest absolute Gasteiger partial charge is 0.227 e. The molecule has 18 aliphatic carbocycles. The Bertz CT molecular complexity index is 4510. The minimum atomic E-state index is -3.39. The molecule has 0 heterocycles. The molecule has 0 aromatic rings. The molecule has 18 rings (SSSR count). The van der Waals surface area contributed by atoms with Gasteiger partial charge < -0.3 is 106 Å². The molecule has 0 aliphatic heterocycles. The minimum absolute atomic E-state index is 0.00985. The van der Waals surface area contributed by atoms with Crippen LogP contribution in [0.3, 0.4) is 0 Å². The monoisotopic (exact) mass is 2160 g/mol. The van der Waals surface area contributed by atoms with Crippen LogP contribution in [0.1, 0.15) is 27.7 Å². The van der Waals surface area contributed by atoms with Crippen molar-refractivity contribution in [1.29, 1.82) is 0 Å². The molecule has 0 amide bonds. The Labute approximate surface area is 811 Å². The van der Waals surface area contributed by atoms with E-state index >= 15 is 0 Å². The molecular formula is C80H148O24Si24. The highest BCUT2D eigenvalue weighted by Crippen LogP contribution is 3.20. The van der Waals surface area contributed by atoms with E-state index in [1.807, 2.05) is 0 Å². The maximum absolute atomic E-state index is 8.86. The summed E-state index contributed by atoms with van der Waals surface area (Å²) < 4.78 is 192. The summed E-state index contributed by atoms with van der Waals surface area (Å²) in [5.41, 5.74) is -29.4. The van der Waals surface area contributed by atoms with E-state index in [1.54, 1.807) is 0 Å². The number of hydrogen-bond acceptors (Lipinski definition) is 24. The van der Waals surface area contributed by atoms with Gasteiger partial charge in [0, 0.05) is 0 Å². The van der Waals surface area contributed by atoms with Crippen LogP contribution in [0.15, 0.2) is 45.1 Å². The second kappa shape index (κ2) is 29.6. The fourth-order valence-electron chi connectivity index (χ4n) is 30.9. The maximum Gasteiger partial charge on any atom is 0.227 e. The van der Waals surface area contributed by atoms with Crippen LogP contribution < -0.4 is 0 Å². The average Bonchev–Trinajstić information content (AvgIpc) is 0.499. The lowest BCUT2D eigenvalue weighted by molar-refractivity contribution is -0.836. The first-order chi connectivity index (χ1) is 58.3. The lowest BCUT2D eigenvalue weighted by Crippen LogP contribution is -3.53. The van der Waals surface area contributed by atoms with E-state index in [0.717, 1.165) is 20.8 Å². The summed E-state index contributed by atoms with van der Waals surface area (Å²) in [7, 11) is -34.0. The van der Waals surface area contributed by atoms with Crippen molar-refractivity contribution in [3.05, 3.63) is 45.1 Å². The Morgan fingerprint density at radius 1 is 0.172 bits per heavy atom. The predicted octanol–water partition coefficient (Wildman–Crippen LogP) is 13.8. The van der Waals surface area contributed by atoms with Crippen molar-refractivity contribution >= 4 is 217 Å². The Balaban J connectivity index is 0.858. The molecule has 708 valence electrons. The maximum atomic E-state index is 8.86. The van der Waals surface area contributed by atoms with Gasteiger partial charge in [0.15, 0.2) is 201 Å². The van der Waals surface area contributed by atoms with Gasteiger partial charge in [-0.25, -0.2) is 0 Å². The summed E-state index contributed by atoms with van der Waals surface area (Å²) in [6.07, 6.45) is 9.26. The van der Waals surface area contributed by atoms with Crippen molar-refractivity contribution in [2.45, 2.75) is 450 Å². The second-order valence-corrected chi connectivity index (χ2v) is 106. The Morgan fingerprint density at radius 2 is 0.289 bits per heavy atom. The van der Waals surface area contributed by atoms with Crippen LogP contribution in [0, 0.1) is 0 Å². The Kier molecular flexibility index (Phi) is 24.4. The van der Waals surface area contributed by atoms with Crippen molar-refractivity contribution in [2.24, 2.45) is 0 Å². The van der Waals surface area contributed by atoms with E-state index in [1.165, 1.54) is 0 Å². The molecule has 18 fully saturated rings. The molecule has 0 aromatic heterocycles. The zero-order valence-corrected chi connectivity index (χ0v) is 110. The third-order valence-electron chi connectivity index (χ3n) is 31.0. The van der Waals surface area contributed by atoms with Crippen LogP contribution >= 0.6 is 0 Å². The first kappa shape index (κ1) is 105. The van der Waals surface area contributed by atoms with Gasteiger partial charge in [-0.05, 0) is 321 Å². The molecule has 24 nitrogen and oxygen atoms in total. The van der Waals surface area contributed by atoms with Crippen LogP contribution in [-0.2, 0) is 106 Å². The highest BCUT2D eigenvalue weighted by Gasteiger charge is 3.49. The van der Waals surface area contributed by atoms with Gasteiger partial charge in [-0.2, -0.15) is 0 Å². The molecule has 48 heteroatoms. The lowest BCUT2D eigenvalue weighted by Gasteiger charge is -3.24. The average molecular weight is 2170 g/mol. The molecule has 12 atom stereocenters. The lowest BCUT2D eigenvalue weighted by atomic mass is 8.87. The predicted molar refractivity (Wildman–Crippen MR) is 543 cm³/mol. The molecule has 0 aromatic carbocycles. The third kappa shape index (κ3) is 9.13. The van der Waals surface area contributed by atoms with Crippen LogP contribution in [-0.4, -0.2) is 351 Å². The normalized spacial score (nSPS) is 46.6. The van der Waals surface area contributed by atoms with Gasteiger partial charge in [-0.1, -0.05) is 39.9 Å². The quantitative estimate of drug-likeness (QED) is 0.0408. The summed E-state index contributed by atoms with van der Waals surface area (Å²) in [5.74, 6) is 0. The summed E-state index contributed by atoms with van der Waals surface area (Å²) in [5, 5.41) is 4.34. The van der Waals surface area contributed by atoms with E-state index in [4.69, 9.17) is 106 Å². The van der Waals surface area contributed by atoms with Crippen molar-refractivity contribution in [3.63, 3.8) is 0 Å². The largest absolute Gasteiger partial charge is 0.404 e. The third-order valence-corrected chi connectivity index (χ3v) is 55.8.